The van der Waals surface area contributed by atoms with Crippen LogP contribution in [0.5, 0.6) is 0 Å². The fraction of sp³-hybridized carbons (Fsp3) is 0.0769. The number of aromatic amines is 1. The van der Waals surface area contributed by atoms with Gasteiger partial charge in [-0.2, -0.15) is 0 Å². The van der Waals surface area contributed by atoms with Crippen molar-refractivity contribution in [3.8, 4) is 11.3 Å². The number of rotatable bonds is 2. The minimum Gasteiger partial charge on any atom is -0.475 e. The van der Waals surface area contributed by atoms with E-state index in [0.717, 1.165) is 16.5 Å². The Kier molecular flexibility index (Phi) is 2.19. The molecule has 3 aromatic rings. The van der Waals surface area contributed by atoms with Gasteiger partial charge in [-0.25, -0.2) is 9.78 Å². The summed E-state index contributed by atoms with van der Waals surface area (Å²) in [5.41, 5.74) is 2.76. The van der Waals surface area contributed by atoms with Gasteiger partial charge >= 0.3 is 5.97 Å². The van der Waals surface area contributed by atoms with Gasteiger partial charge in [0.15, 0.2) is 0 Å². The van der Waals surface area contributed by atoms with E-state index in [4.69, 9.17) is 5.11 Å². The predicted octanol–water partition coefficient (Wildman–Crippen LogP) is 2.27. The number of para-hydroxylation sites is 1. The summed E-state index contributed by atoms with van der Waals surface area (Å²) in [5, 5.41) is 9.93. The lowest BCUT2D eigenvalue weighted by atomic mass is 10.1. The van der Waals surface area contributed by atoms with Gasteiger partial charge in [-0.3, -0.25) is 0 Å². The highest BCUT2D eigenvalue weighted by Gasteiger charge is 2.13. The van der Waals surface area contributed by atoms with E-state index in [1.54, 1.807) is 6.20 Å². The maximum atomic E-state index is 10.8. The molecule has 2 aromatic heterocycles. The topological polar surface area (TPSA) is 70.9 Å². The van der Waals surface area contributed by atoms with E-state index in [-0.39, 0.29) is 5.82 Å². The molecule has 1 aromatic carbocycles. The summed E-state index contributed by atoms with van der Waals surface area (Å²) in [6, 6.07) is 7.96. The number of carboxylic acids is 1. The molecule has 0 bridgehead atoms. The summed E-state index contributed by atoms with van der Waals surface area (Å²) in [4.78, 5) is 17.5. The van der Waals surface area contributed by atoms with Crippen molar-refractivity contribution in [1.82, 2.24) is 14.5 Å². The highest BCUT2D eigenvalue weighted by Crippen LogP contribution is 2.28. The first kappa shape index (κ1) is 10.6. The average Bonchev–Trinajstić information content (AvgIpc) is 2.95. The zero-order valence-electron chi connectivity index (χ0n) is 9.71. The van der Waals surface area contributed by atoms with E-state index in [9.17, 15) is 4.79 Å². The summed E-state index contributed by atoms with van der Waals surface area (Å²) in [7, 11) is 1.96. The Morgan fingerprint density at radius 1 is 1.39 bits per heavy atom. The second-order valence-electron chi connectivity index (χ2n) is 4.12. The third-order valence-corrected chi connectivity index (χ3v) is 2.97. The molecule has 0 aliphatic carbocycles. The van der Waals surface area contributed by atoms with Crippen LogP contribution in [0.15, 0.2) is 36.7 Å². The molecular formula is C13H11N3O2. The van der Waals surface area contributed by atoms with E-state index in [1.807, 2.05) is 42.1 Å². The second kappa shape index (κ2) is 3.73. The van der Waals surface area contributed by atoms with Crippen molar-refractivity contribution in [2.24, 2.45) is 7.05 Å². The van der Waals surface area contributed by atoms with Crippen molar-refractivity contribution < 1.29 is 9.90 Å². The molecule has 2 heterocycles. The van der Waals surface area contributed by atoms with Crippen LogP contribution < -0.4 is 0 Å². The monoisotopic (exact) mass is 241 g/mol. The number of aryl methyl sites for hydroxylation is 1. The molecule has 0 aliphatic rings. The number of aromatic nitrogens is 3. The molecule has 90 valence electrons. The van der Waals surface area contributed by atoms with Crippen LogP contribution in [0.3, 0.4) is 0 Å². The smallest absolute Gasteiger partial charge is 0.371 e. The lowest BCUT2D eigenvalue weighted by Gasteiger charge is -1.94. The van der Waals surface area contributed by atoms with Crippen LogP contribution in [-0.4, -0.2) is 25.6 Å². The molecule has 0 aliphatic heterocycles. The lowest BCUT2D eigenvalue weighted by molar-refractivity contribution is 0.0685. The lowest BCUT2D eigenvalue weighted by Crippen LogP contribution is -1.98. The normalized spacial score (nSPS) is 10.9. The molecule has 3 rings (SSSR count). The van der Waals surface area contributed by atoms with Gasteiger partial charge < -0.3 is 14.7 Å². The zero-order valence-corrected chi connectivity index (χ0v) is 9.71. The van der Waals surface area contributed by atoms with Crippen LogP contribution >= 0.6 is 0 Å². The summed E-state index contributed by atoms with van der Waals surface area (Å²) < 4.78 is 2.01. The van der Waals surface area contributed by atoms with Crippen molar-refractivity contribution in [3.05, 3.63) is 42.5 Å². The number of H-pyrrole nitrogens is 1. The highest BCUT2D eigenvalue weighted by molar-refractivity contribution is 5.95. The number of carboxylic acid groups (broad SMARTS) is 1. The van der Waals surface area contributed by atoms with Crippen LogP contribution in [0.25, 0.3) is 22.2 Å². The first-order chi connectivity index (χ1) is 8.66. The largest absolute Gasteiger partial charge is 0.475 e. The van der Waals surface area contributed by atoms with Gasteiger partial charge in [0, 0.05) is 29.7 Å². The SMILES string of the molecule is Cn1cc(-c2cnc(C(=O)O)[nH]2)c2ccccc21. The number of hydrogen-bond donors (Lipinski definition) is 2. The Morgan fingerprint density at radius 3 is 2.89 bits per heavy atom. The van der Waals surface area contributed by atoms with Crippen LogP contribution in [0.1, 0.15) is 10.6 Å². The first-order valence-electron chi connectivity index (χ1n) is 5.49. The molecule has 0 saturated carbocycles. The van der Waals surface area contributed by atoms with Gasteiger partial charge in [0.25, 0.3) is 0 Å². The number of benzene rings is 1. The van der Waals surface area contributed by atoms with Gasteiger partial charge in [-0.1, -0.05) is 18.2 Å². The van der Waals surface area contributed by atoms with E-state index in [1.165, 1.54) is 0 Å². The number of fused-ring (bicyclic) bond motifs is 1. The van der Waals surface area contributed by atoms with Gasteiger partial charge in [-0.05, 0) is 6.07 Å². The average molecular weight is 241 g/mol. The molecule has 0 unspecified atom stereocenters. The number of nitrogens with zero attached hydrogens (tertiary/aromatic N) is 2. The third-order valence-electron chi connectivity index (χ3n) is 2.97. The van der Waals surface area contributed by atoms with Gasteiger partial charge in [0.05, 0.1) is 11.9 Å². The van der Waals surface area contributed by atoms with Crippen LogP contribution in [-0.2, 0) is 7.05 Å². The number of imidazole rings is 1. The quantitative estimate of drug-likeness (QED) is 0.723. The van der Waals surface area contributed by atoms with Gasteiger partial charge in [-0.15, -0.1) is 0 Å². The maximum absolute atomic E-state index is 10.8. The summed E-state index contributed by atoms with van der Waals surface area (Å²) in [6.45, 7) is 0. The molecule has 5 nitrogen and oxygen atoms in total. The maximum Gasteiger partial charge on any atom is 0.371 e. The van der Waals surface area contributed by atoms with E-state index in [0.29, 0.717) is 5.69 Å². The zero-order chi connectivity index (χ0) is 12.7. The molecule has 18 heavy (non-hydrogen) atoms. The summed E-state index contributed by atoms with van der Waals surface area (Å²) in [5.74, 6) is -1.10. The fourth-order valence-corrected chi connectivity index (χ4v) is 2.12. The molecule has 0 spiro atoms. The number of hydrogen-bond acceptors (Lipinski definition) is 2. The van der Waals surface area contributed by atoms with Crippen LogP contribution in [0.2, 0.25) is 0 Å². The van der Waals surface area contributed by atoms with Gasteiger partial charge in [0.1, 0.15) is 0 Å². The number of aromatic carboxylic acids is 1. The van der Waals surface area contributed by atoms with E-state index in [2.05, 4.69) is 9.97 Å². The molecule has 0 saturated heterocycles. The third kappa shape index (κ3) is 1.48. The highest BCUT2D eigenvalue weighted by atomic mass is 16.4. The Labute approximate surface area is 103 Å². The molecule has 2 N–H and O–H groups in total. The van der Waals surface area contributed by atoms with Gasteiger partial charge in [0.2, 0.25) is 5.82 Å². The molecule has 0 amide bonds. The molecule has 0 fully saturated rings. The Bertz CT molecular complexity index is 740. The minimum atomic E-state index is -1.05. The van der Waals surface area contributed by atoms with Crippen molar-refractivity contribution in [1.29, 1.82) is 0 Å². The Balaban J connectivity index is 2.22. The molecule has 5 heteroatoms. The second-order valence-corrected chi connectivity index (χ2v) is 4.12. The van der Waals surface area contributed by atoms with Crippen molar-refractivity contribution in [2.45, 2.75) is 0 Å². The van der Waals surface area contributed by atoms with E-state index < -0.39 is 5.97 Å². The predicted molar refractivity (Wildman–Crippen MR) is 67.5 cm³/mol. The van der Waals surface area contributed by atoms with Crippen molar-refractivity contribution >= 4 is 16.9 Å². The Hall–Kier alpha value is -2.56. The summed E-state index contributed by atoms with van der Waals surface area (Å²) in [6.07, 6.45) is 3.51. The van der Waals surface area contributed by atoms with Crippen molar-refractivity contribution in [3.63, 3.8) is 0 Å². The van der Waals surface area contributed by atoms with Crippen LogP contribution in [0.4, 0.5) is 0 Å². The number of carbonyl (C=O) groups is 1. The number of nitrogens with one attached hydrogen (secondary N) is 1. The standard InChI is InChI=1S/C13H11N3O2/c1-16-7-9(8-4-2-3-5-11(8)16)10-6-14-12(15-10)13(17)18/h2-7H,1H3,(H,14,15)(H,17,18). The Morgan fingerprint density at radius 2 is 2.17 bits per heavy atom. The first-order valence-corrected chi connectivity index (χ1v) is 5.49. The fourth-order valence-electron chi connectivity index (χ4n) is 2.12. The van der Waals surface area contributed by atoms with E-state index >= 15 is 0 Å². The van der Waals surface area contributed by atoms with Crippen LogP contribution in [0, 0.1) is 0 Å². The minimum absolute atomic E-state index is 0.0436. The molecule has 0 atom stereocenters. The summed E-state index contributed by atoms with van der Waals surface area (Å²) >= 11 is 0. The molecular weight excluding hydrogens is 230 g/mol. The van der Waals surface area contributed by atoms with Crippen molar-refractivity contribution in [2.75, 3.05) is 0 Å². The molecule has 0 radical (unpaired) electrons.